The highest BCUT2D eigenvalue weighted by Gasteiger charge is 2.17. The minimum absolute atomic E-state index is 0.551. The van der Waals surface area contributed by atoms with Crippen molar-refractivity contribution in [1.29, 1.82) is 0 Å². The summed E-state index contributed by atoms with van der Waals surface area (Å²) >= 11 is 1.80. The molecule has 5 heteroatoms. The second kappa shape index (κ2) is 5.93. The number of para-hydroxylation sites is 1. The van der Waals surface area contributed by atoms with Crippen LogP contribution in [0.4, 0.5) is 0 Å². The van der Waals surface area contributed by atoms with Crippen molar-refractivity contribution in [3.8, 4) is 11.4 Å². The molecule has 2 aromatic heterocycles. The lowest BCUT2D eigenvalue weighted by molar-refractivity contribution is 0.684. The van der Waals surface area contributed by atoms with Crippen LogP contribution in [0.15, 0.2) is 35.6 Å². The minimum atomic E-state index is 0.551. The summed E-state index contributed by atoms with van der Waals surface area (Å²) in [6, 6.07) is 8.30. The summed E-state index contributed by atoms with van der Waals surface area (Å²) in [5.41, 5.74) is 2.25. The Balaban J connectivity index is 2.06. The van der Waals surface area contributed by atoms with Crippen LogP contribution >= 0.6 is 11.8 Å². The number of H-pyrrole nitrogens is 1. The standard InChI is InChI=1S/C16H20N4S/c1-4-11(3)21-16-19-18-15(20(16)5-2)13-10-17-14-9-7-6-8-12(13)14/h6-11,17H,4-5H2,1-3H3/t11-/m1/s1. The molecule has 1 aromatic carbocycles. The Morgan fingerprint density at radius 3 is 2.81 bits per heavy atom. The summed E-state index contributed by atoms with van der Waals surface area (Å²) in [6.07, 6.45) is 3.15. The van der Waals surface area contributed by atoms with E-state index in [4.69, 9.17) is 0 Å². The van der Waals surface area contributed by atoms with Gasteiger partial charge in [-0.3, -0.25) is 0 Å². The molecule has 0 aliphatic rings. The van der Waals surface area contributed by atoms with Gasteiger partial charge in [0.05, 0.1) is 0 Å². The van der Waals surface area contributed by atoms with Crippen molar-refractivity contribution < 1.29 is 0 Å². The Morgan fingerprint density at radius 1 is 1.24 bits per heavy atom. The number of aromatic amines is 1. The van der Waals surface area contributed by atoms with E-state index in [2.05, 4.69) is 58.7 Å². The lowest BCUT2D eigenvalue weighted by atomic mass is 10.1. The summed E-state index contributed by atoms with van der Waals surface area (Å²) in [4.78, 5) is 3.31. The van der Waals surface area contributed by atoms with Crippen molar-refractivity contribution in [2.45, 2.75) is 44.1 Å². The maximum Gasteiger partial charge on any atom is 0.191 e. The fraction of sp³-hybridized carbons (Fsp3) is 0.375. The number of hydrogen-bond acceptors (Lipinski definition) is 3. The number of nitrogens with one attached hydrogen (secondary N) is 1. The molecule has 1 N–H and O–H groups in total. The van der Waals surface area contributed by atoms with Gasteiger partial charge in [0, 0.05) is 34.5 Å². The molecule has 3 rings (SSSR count). The number of benzene rings is 1. The maximum absolute atomic E-state index is 4.44. The van der Waals surface area contributed by atoms with Gasteiger partial charge in [0.2, 0.25) is 0 Å². The molecular formula is C16H20N4S. The SMILES string of the molecule is CC[C@@H](C)Sc1nnc(-c2c[nH]c3ccccc23)n1CC. The minimum Gasteiger partial charge on any atom is -0.360 e. The van der Waals surface area contributed by atoms with Crippen LogP contribution in [0.1, 0.15) is 27.2 Å². The first-order chi connectivity index (χ1) is 10.2. The Kier molecular flexibility index (Phi) is 4.01. The first-order valence-corrected chi connectivity index (χ1v) is 8.28. The summed E-state index contributed by atoms with van der Waals surface area (Å²) in [5, 5.41) is 11.6. The van der Waals surface area contributed by atoms with Crippen LogP contribution in [0.25, 0.3) is 22.3 Å². The number of thioether (sulfide) groups is 1. The zero-order valence-electron chi connectivity index (χ0n) is 12.6. The van der Waals surface area contributed by atoms with Gasteiger partial charge < -0.3 is 9.55 Å². The van der Waals surface area contributed by atoms with Gasteiger partial charge in [-0.15, -0.1) is 10.2 Å². The molecule has 1 atom stereocenters. The highest BCUT2D eigenvalue weighted by atomic mass is 32.2. The molecule has 0 saturated heterocycles. The maximum atomic E-state index is 4.44. The number of aromatic nitrogens is 4. The van der Waals surface area contributed by atoms with E-state index in [0.29, 0.717) is 5.25 Å². The molecule has 0 aliphatic carbocycles. The average Bonchev–Trinajstić information content (AvgIpc) is 3.10. The Morgan fingerprint density at radius 2 is 2.05 bits per heavy atom. The Labute approximate surface area is 129 Å². The van der Waals surface area contributed by atoms with E-state index in [0.717, 1.165) is 35.0 Å². The van der Waals surface area contributed by atoms with Crippen LogP contribution < -0.4 is 0 Å². The Bertz CT molecular complexity index is 744. The van der Waals surface area contributed by atoms with E-state index in [1.54, 1.807) is 11.8 Å². The lowest BCUT2D eigenvalue weighted by Crippen LogP contribution is -2.02. The van der Waals surface area contributed by atoms with Gasteiger partial charge in [0.15, 0.2) is 11.0 Å². The molecule has 0 radical (unpaired) electrons. The molecule has 4 nitrogen and oxygen atoms in total. The molecule has 110 valence electrons. The third-order valence-electron chi connectivity index (χ3n) is 3.74. The summed E-state index contributed by atoms with van der Waals surface area (Å²) in [7, 11) is 0. The van der Waals surface area contributed by atoms with Crippen LogP contribution in [0.2, 0.25) is 0 Å². The molecule has 0 aliphatic heterocycles. The molecule has 0 bridgehead atoms. The van der Waals surface area contributed by atoms with Gasteiger partial charge in [-0.2, -0.15) is 0 Å². The number of rotatable bonds is 5. The molecule has 0 amide bonds. The monoisotopic (exact) mass is 300 g/mol. The van der Waals surface area contributed by atoms with Crippen LogP contribution in [0, 0.1) is 0 Å². The zero-order chi connectivity index (χ0) is 14.8. The third kappa shape index (κ3) is 2.58. The van der Waals surface area contributed by atoms with E-state index in [-0.39, 0.29) is 0 Å². The van der Waals surface area contributed by atoms with E-state index in [9.17, 15) is 0 Å². The second-order valence-corrected chi connectivity index (χ2v) is 6.54. The van der Waals surface area contributed by atoms with Gasteiger partial charge in [0.25, 0.3) is 0 Å². The molecule has 0 saturated carbocycles. The topological polar surface area (TPSA) is 46.5 Å². The van der Waals surface area contributed by atoms with Crippen LogP contribution in [-0.2, 0) is 6.54 Å². The predicted molar refractivity (Wildman–Crippen MR) is 88.6 cm³/mol. The van der Waals surface area contributed by atoms with Crippen LogP contribution in [0.5, 0.6) is 0 Å². The third-order valence-corrected chi connectivity index (χ3v) is 4.99. The first-order valence-electron chi connectivity index (χ1n) is 7.40. The molecule has 0 spiro atoms. The van der Waals surface area contributed by atoms with E-state index >= 15 is 0 Å². The van der Waals surface area contributed by atoms with E-state index < -0.39 is 0 Å². The van der Waals surface area contributed by atoms with Gasteiger partial charge in [-0.1, -0.05) is 43.8 Å². The Hall–Kier alpha value is -1.75. The van der Waals surface area contributed by atoms with Crippen molar-refractivity contribution in [2.24, 2.45) is 0 Å². The summed E-state index contributed by atoms with van der Waals surface area (Å²) in [5.74, 6) is 0.945. The molecule has 0 unspecified atom stereocenters. The van der Waals surface area contributed by atoms with Crippen molar-refractivity contribution in [2.75, 3.05) is 0 Å². The predicted octanol–water partition coefficient (Wildman–Crippen LogP) is 4.34. The largest absolute Gasteiger partial charge is 0.360 e. The van der Waals surface area contributed by atoms with Gasteiger partial charge in [0.1, 0.15) is 0 Å². The molecule has 0 fully saturated rings. The number of fused-ring (bicyclic) bond motifs is 1. The second-order valence-electron chi connectivity index (χ2n) is 5.14. The van der Waals surface area contributed by atoms with Crippen molar-refractivity contribution in [3.63, 3.8) is 0 Å². The van der Waals surface area contributed by atoms with Crippen LogP contribution in [-0.4, -0.2) is 25.0 Å². The summed E-state index contributed by atoms with van der Waals surface area (Å²) in [6.45, 7) is 7.44. The van der Waals surface area contributed by atoms with Gasteiger partial charge in [-0.05, 0) is 19.4 Å². The smallest absolute Gasteiger partial charge is 0.191 e. The first kappa shape index (κ1) is 14.2. The van der Waals surface area contributed by atoms with Gasteiger partial charge >= 0.3 is 0 Å². The normalized spacial score (nSPS) is 12.9. The van der Waals surface area contributed by atoms with E-state index in [1.165, 1.54) is 5.39 Å². The number of hydrogen-bond donors (Lipinski definition) is 1. The highest BCUT2D eigenvalue weighted by Crippen LogP contribution is 2.31. The fourth-order valence-corrected chi connectivity index (χ4v) is 3.34. The zero-order valence-corrected chi connectivity index (χ0v) is 13.4. The van der Waals surface area contributed by atoms with E-state index in [1.807, 2.05) is 12.3 Å². The quantitative estimate of drug-likeness (QED) is 0.713. The number of nitrogens with zero attached hydrogens (tertiary/aromatic N) is 3. The lowest BCUT2D eigenvalue weighted by Gasteiger charge is -2.09. The van der Waals surface area contributed by atoms with Crippen molar-refractivity contribution in [1.82, 2.24) is 19.7 Å². The van der Waals surface area contributed by atoms with Crippen LogP contribution in [0.3, 0.4) is 0 Å². The molecule has 3 aromatic rings. The molecule has 2 heterocycles. The molecule has 21 heavy (non-hydrogen) atoms. The summed E-state index contributed by atoms with van der Waals surface area (Å²) < 4.78 is 2.20. The van der Waals surface area contributed by atoms with Crippen molar-refractivity contribution >= 4 is 22.7 Å². The molecular weight excluding hydrogens is 280 g/mol. The fourth-order valence-electron chi connectivity index (χ4n) is 2.38. The average molecular weight is 300 g/mol. The highest BCUT2D eigenvalue weighted by molar-refractivity contribution is 7.99. The van der Waals surface area contributed by atoms with Gasteiger partial charge in [-0.25, -0.2) is 0 Å². The van der Waals surface area contributed by atoms with Crippen molar-refractivity contribution in [3.05, 3.63) is 30.5 Å².